The quantitative estimate of drug-likeness (QED) is 0.491. The summed E-state index contributed by atoms with van der Waals surface area (Å²) < 4.78 is 26.1. The van der Waals surface area contributed by atoms with Crippen LogP contribution in [0, 0.1) is 0 Å². The summed E-state index contributed by atoms with van der Waals surface area (Å²) >= 11 is -2.38. The lowest BCUT2D eigenvalue weighted by atomic mass is 10.1. The second-order valence-electron chi connectivity index (χ2n) is 3.10. The van der Waals surface area contributed by atoms with E-state index >= 15 is 0 Å². The van der Waals surface area contributed by atoms with Crippen molar-refractivity contribution in [3.8, 4) is 0 Å². The molecule has 0 aromatic rings. The molecule has 2 N–H and O–H groups in total. The van der Waals surface area contributed by atoms with E-state index in [0.29, 0.717) is 0 Å². The maximum absolute atomic E-state index is 11.0. The molecular formula is C8H14NO4S-. The van der Waals surface area contributed by atoms with E-state index < -0.39 is 34.4 Å². The van der Waals surface area contributed by atoms with Crippen LogP contribution in [0.1, 0.15) is 13.8 Å². The zero-order chi connectivity index (χ0) is 11.4. The molecular weight excluding hydrogens is 206 g/mol. The van der Waals surface area contributed by atoms with Crippen molar-refractivity contribution in [1.29, 1.82) is 0 Å². The van der Waals surface area contributed by atoms with E-state index in [1.165, 1.54) is 13.0 Å². The van der Waals surface area contributed by atoms with Gasteiger partial charge in [0.05, 0.1) is 6.10 Å². The van der Waals surface area contributed by atoms with Crippen molar-refractivity contribution in [2.24, 2.45) is 5.73 Å². The fraction of sp³-hybridized carbons (Fsp3) is 0.625. The highest BCUT2D eigenvalue weighted by molar-refractivity contribution is 7.79. The van der Waals surface area contributed by atoms with E-state index in [0.717, 1.165) is 0 Å². The third-order valence-corrected chi connectivity index (χ3v) is 2.48. The molecule has 0 aromatic carbocycles. The highest BCUT2D eigenvalue weighted by Crippen LogP contribution is 2.14. The maximum Gasteiger partial charge on any atom is 0.250 e. The number of carbonyl (C=O) groups excluding carboxylic acids is 1. The molecule has 6 heteroatoms. The summed E-state index contributed by atoms with van der Waals surface area (Å²) in [7, 11) is 0. The van der Waals surface area contributed by atoms with Crippen molar-refractivity contribution in [2.75, 3.05) is 5.75 Å². The van der Waals surface area contributed by atoms with Gasteiger partial charge in [-0.3, -0.25) is 9.00 Å². The van der Waals surface area contributed by atoms with Crippen molar-refractivity contribution in [2.45, 2.75) is 25.6 Å². The van der Waals surface area contributed by atoms with Crippen LogP contribution in [-0.4, -0.2) is 32.1 Å². The van der Waals surface area contributed by atoms with Crippen molar-refractivity contribution >= 4 is 17.0 Å². The van der Waals surface area contributed by atoms with Gasteiger partial charge in [0.1, 0.15) is 0 Å². The Balaban J connectivity index is 4.63. The van der Waals surface area contributed by atoms with Crippen LogP contribution in [0.3, 0.4) is 0 Å². The van der Waals surface area contributed by atoms with Gasteiger partial charge in [-0.2, -0.15) is 0 Å². The topological polar surface area (TPSA) is 92.4 Å². The second kappa shape index (κ2) is 5.23. The van der Waals surface area contributed by atoms with Crippen molar-refractivity contribution in [3.05, 3.63) is 12.7 Å². The summed E-state index contributed by atoms with van der Waals surface area (Å²) in [5.41, 5.74) is 3.55. The van der Waals surface area contributed by atoms with Gasteiger partial charge in [0.25, 0.3) is 0 Å². The minimum Gasteiger partial charge on any atom is -0.772 e. The zero-order valence-corrected chi connectivity index (χ0v) is 9.00. The van der Waals surface area contributed by atoms with Crippen LogP contribution >= 0.6 is 0 Å². The van der Waals surface area contributed by atoms with Crippen LogP contribution in [0.15, 0.2) is 12.7 Å². The molecule has 3 atom stereocenters. The number of hydrogen-bond donors (Lipinski definition) is 1. The van der Waals surface area contributed by atoms with Crippen molar-refractivity contribution < 1.29 is 18.3 Å². The fourth-order valence-corrected chi connectivity index (χ4v) is 1.51. The summed E-state index contributed by atoms with van der Waals surface area (Å²) in [6.07, 6.45) is 1.02. The third-order valence-electron chi connectivity index (χ3n) is 1.69. The molecule has 82 valence electrons. The lowest BCUT2D eigenvalue weighted by Crippen LogP contribution is -2.49. The Morgan fingerprint density at radius 3 is 2.64 bits per heavy atom. The van der Waals surface area contributed by atoms with Crippen LogP contribution in [0.4, 0.5) is 0 Å². The van der Waals surface area contributed by atoms with Gasteiger partial charge in [0.15, 0.2) is 5.60 Å². The molecule has 0 rings (SSSR count). The Bertz CT molecular complexity index is 256. The molecule has 0 aliphatic heterocycles. The molecule has 0 fully saturated rings. The third kappa shape index (κ3) is 3.99. The van der Waals surface area contributed by atoms with E-state index in [-0.39, 0.29) is 0 Å². The predicted octanol–water partition coefficient (Wildman–Crippen LogP) is -0.299. The Morgan fingerprint density at radius 1 is 1.86 bits per heavy atom. The first kappa shape index (κ1) is 13.3. The number of ether oxygens (including phenoxy) is 1. The fourth-order valence-electron chi connectivity index (χ4n) is 0.847. The standard InChI is InChI=1S/C8H15NO4S/c1-4-6(2)13-8(3,7(9)10)5-14(11)12/h4,6H,1,5H2,2-3H3,(H2,9,10)(H,11,12)/p-1. The summed E-state index contributed by atoms with van der Waals surface area (Å²) in [5, 5.41) is 0. The first-order valence-electron chi connectivity index (χ1n) is 3.98. The second-order valence-corrected chi connectivity index (χ2v) is 4.00. The summed E-state index contributed by atoms with van der Waals surface area (Å²) in [6.45, 7) is 6.43. The number of hydrogen-bond acceptors (Lipinski definition) is 4. The van der Waals surface area contributed by atoms with Gasteiger partial charge in [0, 0.05) is 5.75 Å². The molecule has 3 unspecified atom stereocenters. The number of nitrogens with two attached hydrogens (primary N) is 1. The van der Waals surface area contributed by atoms with E-state index in [1.54, 1.807) is 6.92 Å². The molecule has 0 spiro atoms. The normalized spacial score (nSPS) is 19.4. The van der Waals surface area contributed by atoms with E-state index in [1.807, 2.05) is 0 Å². The molecule has 0 radical (unpaired) electrons. The molecule has 1 amide bonds. The van der Waals surface area contributed by atoms with Crippen LogP contribution in [0.2, 0.25) is 0 Å². The van der Waals surface area contributed by atoms with Gasteiger partial charge < -0.3 is 15.0 Å². The van der Waals surface area contributed by atoms with E-state index in [4.69, 9.17) is 10.5 Å². The highest BCUT2D eigenvalue weighted by atomic mass is 32.2. The average Bonchev–Trinajstić information content (AvgIpc) is 2.02. The minimum absolute atomic E-state index is 0.434. The molecule has 0 heterocycles. The van der Waals surface area contributed by atoms with Crippen LogP contribution in [0.5, 0.6) is 0 Å². The number of rotatable bonds is 6. The minimum atomic E-state index is -2.38. The summed E-state index contributed by atoms with van der Waals surface area (Å²) in [5.74, 6) is -1.27. The predicted molar refractivity (Wildman–Crippen MR) is 52.1 cm³/mol. The lowest BCUT2D eigenvalue weighted by Gasteiger charge is -2.29. The molecule has 5 nitrogen and oxygen atoms in total. The first-order valence-corrected chi connectivity index (χ1v) is 5.22. The summed E-state index contributed by atoms with van der Waals surface area (Å²) in [6, 6.07) is 0. The van der Waals surface area contributed by atoms with Crippen LogP contribution < -0.4 is 5.73 Å². The molecule has 0 aliphatic rings. The van der Waals surface area contributed by atoms with E-state index in [2.05, 4.69) is 6.58 Å². The highest BCUT2D eigenvalue weighted by Gasteiger charge is 2.33. The van der Waals surface area contributed by atoms with Crippen molar-refractivity contribution in [1.82, 2.24) is 0 Å². The average molecular weight is 220 g/mol. The lowest BCUT2D eigenvalue weighted by molar-refractivity contribution is -0.141. The van der Waals surface area contributed by atoms with Crippen molar-refractivity contribution in [3.63, 3.8) is 0 Å². The smallest absolute Gasteiger partial charge is 0.250 e. The molecule has 0 saturated heterocycles. The van der Waals surface area contributed by atoms with Gasteiger partial charge >= 0.3 is 0 Å². The monoisotopic (exact) mass is 220 g/mol. The van der Waals surface area contributed by atoms with Gasteiger partial charge in [-0.05, 0) is 13.8 Å². The Labute approximate surface area is 85.6 Å². The van der Waals surface area contributed by atoms with Crippen LogP contribution in [-0.2, 0) is 20.6 Å². The molecule has 0 aliphatic carbocycles. The van der Waals surface area contributed by atoms with Gasteiger partial charge in [-0.1, -0.05) is 17.2 Å². The zero-order valence-electron chi connectivity index (χ0n) is 8.19. The molecule has 0 saturated carbocycles. The Morgan fingerprint density at radius 2 is 2.36 bits per heavy atom. The van der Waals surface area contributed by atoms with Gasteiger partial charge in [-0.15, -0.1) is 6.58 Å². The molecule has 0 aromatic heterocycles. The van der Waals surface area contributed by atoms with E-state index in [9.17, 15) is 13.6 Å². The first-order chi connectivity index (χ1) is 6.31. The molecule has 14 heavy (non-hydrogen) atoms. The number of carbonyl (C=O) groups is 1. The maximum atomic E-state index is 11.0. The Kier molecular flexibility index (Phi) is 4.96. The number of amides is 1. The van der Waals surface area contributed by atoms with Gasteiger partial charge in [0.2, 0.25) is 5.91 Å². The summed E-state index contributed by atoms with van der Waals surface area (Å²) in [4.78, 5) is 11.0. The largest absolute Gasteiger partial charge is 0.772 e. The SMILES string of the molecule is C=CC(C)OC(C)(CS(=O)[O-])C(N)=O. The van der Waals surface area contributed by atoms with Crippen LogP contribution in [0.25, 0.3) is 0 Å². The molecule has 0 bridgehead atoms. The number of primary amides is 1. The Hall–Kier alpha value is -0.720. The van der Waals surface area contributed by atoms with Gasteiger partial charge in [-0.25, -0.2) is 0 Å².